The highest BCUT2D eigenvalue weighted by Crippen LogP contribution is 2.05. The van der Waals surface area contributed by atoms with Crippen LogP contribution < -0.4 is 0 Å². The summed E-state index contributed by atoms with van der Waals surface area (Å²) in [5.41, 5.74) is 0. The number of hydrogen-bond donors (Lipinski definition) is 0. The largest absolute Gasteiger partial charge is 0.345 e. The Morgan fingerprint density at radius 1 is 1.31 bits per heavy atom. The van der Waals surface area contributed by atoms with Crippen molar-refractivity contribution in [3.8, 4) is 0 Å². The molecule has 0 aromatic carbocycles. The molecule has 1 aliphatic heterocycles. The summed E-state index contributed by atoms with van der Waals surface area (Å²) < 4.78 is 0. The van der Waals surface area contributed by atoms with Gasteiger partial charge in [-0.15, -0.1) is 0 Å². The SMILES string of the molecule is CC(=O)CCCCN1CCCN(C)C(=O)C1. The number of amides is 1. The van der Waals surface area contributed by atoms with Crippen LogP contribution in [-0.4, -0.2) is 54.7 Å². The monoisotopic (exact) mass is 226 g/mol. The Labute approximate surface area is 97.6 Å². The van der Waals surface area contributed by atoms with E-state index >= 15 is 0 Å². The second kappa shape index (κ2) is 6.63. The number of hydrogen-bond acceptors (Lipinski definition) is 3. The molecule has 1 saturated heterocycles. The Morgan fingerprint density at radius 2 is 2.06 bits per heavy atom. The molecule has 1 heterocycles. The van der Waals surface area contributed by atoms with Gasteiger partial charge in [-0.1, -0.05) is 0 Å². The van der Waals surface area contributed by atoms with Gasteiger partial charge in [0.05, 0.1) is 6.54 Å². The Balaban J connectivity index is 2.21. The lowest BCUT2D eigenvalue weighted by atomic mass is 10.2. The highest BCUT2D eigenvalue weighted by Gasteiger charge is 2.17. The topological polar surface area (TPSA) is 40.6 Å². The summed E-state index contributed by atoms with van der Waals surface area (Å²) in [6.45, 7) is 4.97. The zero-order valence-corrected chi connectivity index (χ0v) is 10.4. The summed E-state index contributed by atoms with van der Waals surface area (Å²) in [6, 6.07) is 0. The van der Waals surface area contributed by atoms with Crippen molar-refractivity contribution in [2.24, 2.45) is 0 Å². The third-order valence-corrected chi connectivity index (χ3v) is 3.01. The summed E-state index contributed by atoms with van der Waals surface area (Å²) in [6.07, 6.45) is 3.67. The zero-order valence-electron chi connectivity index (χ0n) is 10.4. The van der Waals surface area contributed by atoms with E-state index < -0.39 is 0 Å². The van der Waals surface area contributed by atoms with Crippen molar-refractivity contribution in [3.63, 3.8) is 0 Å². The van der Waals surface area contributed by atoms with Crippen LogP contribution in [0, 0.1) is 0 Å². The van der Waals surface area contributed by atoms with Crippen LogP contribution in [0.1, 0.15) is 32.6 Å². The quantitative estimate of drug-likeness (QED) is 0.654. The van der Waals surface area contributed by atoms with Crippen molar-refractivity contribution in [2.45, 2.75) is 32.6 Å². The molecule has 0 unspecified atom stereocenters. The fourth-order valence-corrected chi connectivity index (χ4v) is 1.95. The van der Waals surface area contributed by atoms with E-state index in [4.69, 9.17) is 0 Å². The van der Waals surface area contributed by atoms with Crippen molar-refractivity contribution in [1.82, 2.24) is 9.80 Å². The van der Waals surface area contributed by atoms with Gasteiger partial charge in [0, 0.05) is 26.6 Å². The smallest absolute Gasteiger partial charge is 0.236 e. The number of carbonyl (C=O) groups excluding carboxylic acids is 2. The number of Topliss-reactive ketones (excluding diaryl/α,β-unsaturated/α-hetero) is 1. The van der Waals surface area contributed by atoms with Crippen LogP contribution in [0.25, 0.3) is 0 Å². The second-order valence-electron chi connectivity index (χ2n) is 4.60. The Hall–Kier alpha value is -0.900. The van der Waals surface area contributed by atoms with Gasteiger partial charge in [0.25, 0.3) is 0 Å². The molecule has 0 aromatic heterocycles. The molecule has 0 bridgehead atoms. The zero-order chi connectivity index (χ0) is 12.0. The van der Waals surface area contributed by atoms with E-state index in [1.807, 2.05) is 7.05 Å². The first kappa shape index (κ1) is 13.2. The van der Waals surface area contributed by atoms with E-state index in [1.54, 1.807) is 11.8 Å². The van der Waals surface area contributed by atoms with Gasteiger partial charge in [0.2, 0.25) is 5.91 Å². The molecule has 1 amide bonds. The molecule has 92 valence electrons. The molecule has 4 heteroatoms. The summed E-state index contributed by atoms with van der Waals surface area (Å²) in [7, 11) is 1.86. The maximum atomic E-state index is 11.6. The molecule has 1 fully saturated rings. The molecule has 0 spiro atoms. The fourth-order valence-electron chi connectivity index (χ4n) is 1.95. The molecule has 0 aliphatic carbocycles. The summed E-state index contributed by atoms with van der Waals surface area (Å²) in [5.74, 6) is 0.468. The van der Waals surface area contributed by atoms with Crippen LogP contribution in [0.5, 0.6) is 0 Å². The first-order valence-corrected chi connectivity index (χ1v) is 6.05. The predicted octanol–water partition coefficient (Wildman–Crippen LogP) is 0.910. The van der Waals surface area contributed by atoms with Gasteiger partial charge in [-0.3, -0.25) is 9.69 Å². The number of likely N-dealkylation sites (N-methyl/N-ethyl adjacent to an activating group) is 1. The van der Waals surface area contributed by atoms with Gasteiger partial charge in [0.15, 0.2) is 0 Å². The Bertz CT molecular complexity index is 253. The van der Waals surface area contributed by atoms with Crippen molar-refractivity contribution in [1.29, 1.82) is 0 Å². The Morgan fingerprint density at radius 3 is 2.75 bits per heavy atom. The van der Waals surface area contributed by atoms with E-state index in [9.17, 15) is 9.59 Å². The first-order chi connectivity index (χ1) is 7.59. The van der Waals surface area contributed by atoms with Crippen LogP contribution in [0.2, 0.25) is 0 Å². The standard InChI is InChI=1S/C12H22N2O2/c1-11(15)6-3-4-8-14-9-5-7-13(2)12(16)10-14/h3-10H2,1-2H3. The van der Waals surface area contributed by atoms with Gasteiger partial charge in [-0.2, -0.15) is 0 Å². The highest BCUT2D eigenvalue weighted by molar-refractivity contribution is 5.78. The maximum Gasteiger partial charge on any atom is 0.236 e. The number of ketones is 1. The predicted molar refractivity (Wildman–Crippen MR) is 63.2 cm³/mol. The molecule has 0 atom stereocenters. The molecule has 16 heavy (non-hydrogen) atoms. The average molecular weight is 226 g/mol. The normalized spacial score (nSPS) is 18.6. The fraction of sp³-hybridized carbons (Fsp3) is 0.833. The van der Waals surface area contributed by atoms with Gasteiger partial charge in [-0.05, 0) is 32.7 Å². The van der Waals surface area contributed by atoms with Crippen molar-refractivity contribution in [2.75, 3.05) is 33.2 Å². The van der Waals surface area contributed by atoms with E-state index in [1.165, 1.54) is 0 Å². The van der Waals surface area contributed by atoms with Gasteiger partial charge in [-0.25, -0.2) is 0 Å². The average Bonchev–Trinajstić information content (AvgIpc) is 2.37. The molecule has 0 radical (unpaired) electrons. The molecule has 1 aliphatic rings. The van der Waals surface area contributed by atoms with E-state index in [0.29, 0.717) is 13.0 Å². The summed E-state index contributed by atoms with van der Waals surface area (Å²) in [4.78, 5) is 26.4. The molecule has 1 rings (SSSR count). The molecule has 4 nitrogen and oxygen atoms in total. The van der Waals surface area contributed by atoms with E-state index in [2.05, 4.69) is 4.90 Å². The molecule has 0 saturated carbocycles. The minimum atomic E-state index is 0.212. The minimum Gasteiger partial charge on any atom is -0.345 e. The van der Waals surface area contributed by atoms with Gasteiger partial charge in [0.1, 0.15) is 5.78 Å². The number of unbranched alkanes of at least 4 members (excludes halogenated alkanes) is 1. The van der Waals surface area contributed by atoms with Gasteiger partial charge >= 0.3 is 0 Å². The second-order valence-corrected chi connectivity index (χ2v) is 4.60. The lowest BCUT2D eigenvalue weighted by molar-refractivity contribution is -0.130. The molecular formula is C12H22N2O2. The maximum absolute atomic E-state index is 11.6. The van der Waals surface area contributed by atoms with E-state index in [-0.39, 0.29) is 11.7 Å². The van der Waals surface area contributed by atoms with Crippen molar-refractivity contribution >= 4 is 11.7 Å². The van der Waals surface area contributed by atoms with E-state index in [0.717, 1.165) is 38.9 Å². The highest BCUT2D eigenvalue weighted by atomic mass is 16.2. The van der Waals surface area contributed by atoms with Crippen LogP contribution in [0.3, 0.4) is 0 Å². The van der Waals surface area contributed by atoms with Gasteiger partial charge < -0.3 is 9.69 Å². The summed E-state index contributed by atoms with van der Waals surface area (Å²) in [5, 5.41) is 0. The van der Waals surface area contributed by atoms with Crippen molar-refractivity contribution < 1.29 is 9.59 Å². The van der Waals surface area contributed by atoms with Crippen LogP contribution in [-0.2, 0) is 9.59 Å². The third-order valence-electron chi connectivity index (χ3n) is 3.01. The lowest BCUT2D eigenvalue weighted by Crippen LogP contribution is -2.34. The first-order valence-electron chi connectivity index (χ1n) is 6.05. The summed E-state index contributed by atoms with van der Waals surface area (Å²) >= 11 is 0. The molecular weight excluding hydrogens is 204 g/mol. The number of nitrogens with zero attached hydrogens (tertiary/aromatic N) is 2. The number of rotatable bonds is 5. The third kappa shape index (κ3) is 4.75. The number of carbonyl (C=O) groups is 2. The van der Waals surface area contributed by atoms with Crippen LogP contribution in [0.4, 0.5) is 0 Å². The Kier molecular flexibility index (Phi) is 5.46. The molecule has 0 N–H and O–H groups in total. The van der Waals surface area contributed by atoms with Crippen LogP contribution in [0.15, 0.2) is 0 Å². The minimum absolute atomic E-state index is 0.212. The lowest BCUT2D eigenvalue weighted by Gasteiger charge is -2.18. The van der Waals surface area contributed by atoms with Crippen LogP contribution >= 0.6 is 0 Å². The molecule has 0 aromatic rings. The van der Waals surface area contributed by atoms with Crippen molar-refractivity contribution in [3.05, 3.63) is 0 Å².